The lowest BCUT2D eigenvalue weighted by molar-refractivity contribution is -0.710. The van der Waals surface area contributed by atoms with E-state index in [0.29, 0.717) is 10.6 Å². The molecule has 0 radical (unpaired) electrons. The predicted molar refractivity (Wildman–Crippen MR) is 71.9 cm³/mol. The van der Waals surface area contributed by atoms with Crippen LogP contribution in [0.5, 0.6) is 0 Å². The zero-order chi connectivity index (χ0) is 13.1. The minimum absolute atomic E-state index is 0.0889. The molecule has 1 heterocycles. The number of nitrogens with zero attached hydrogens (tertiary/aromatic N) is 1. The lowest BCUT2D eigenvalue weighted by Gasteiger charge is -2.08. The lowest BCUT2D eigenvalue weighted by Crippen LogP contribution is -2.44. The number of aromatic nitrogens is 1. The molecule has 1 aromatic carbocycles. The maximum absolute atomic E-state index is 12.3. The fourth-order valence-corrected chi connectivity index (χ4v) is 2.08. The quantitative estimate of drug-likeness (QED) is 0.612. The van der Waals surface area contributed by atoms with Crippen molar-refractivity contribution in [2.45, 2.75) is 19.9 Å². The van der Waals surface area contributed by atoms with Crippen molar-refractivity contribution in [1.29, 1.82) is 0 Å². The molecule has 0 saturated carbocycles. The summed E-state index contributed by atoms with van der Waals surface area (Å²) in [5, 5.41) is 0.641. The Balaban J connectivity index is 2.29. The Morgan fingerprint density at radius 3 is 2.44 bits per heavy atom. The maximum atomic E-state index is 12.3. The van der Waals surface area contributed by atoms with Crippen LogP contribution in [-0.4, -0.2) is 5.78 Å². The zero-order valence-corrected chi connectivity index (χ0v) is 11.2. The van der Waals surface area contributed by atoms with Gasteiger partial charge in [0.2, 0.25) is 11.8 Å². The number of hydrogen-bond donors (Lipinski definition) is 0. The van der Waals surface area contributed by atoms with Crippen LogP contribution in [0.15, 0.2) is 48.7 Å². The minimum atomic E-state index is -0.215. The smallest absolute Gasteiger partial charge is 0.230 e. The van der Waals surface area contributed by atoms with Gasteiger partial charge in [0, 0.05) is 36.6 Å². The molecule has 0 saturated heterocycles. The number of halogens is 1. The highest BCUT2D eigenvalue weighted by Crippen LogP contribution is 2.13. The number of aryl methyl sites for hydroxylation is 1. The molecule has 1 aromatic heterocycles. The topological polar surface area (TPSA) is 20.9 Å². The highest BCUT2D eigenvalue weighted by molar-refractivity contribution is 6.30. The Kier molecular flexibility index (Phi) is 3.78. The Hall–Kier alpha value is -1.67. The van der Waals surface area contributed by atoms with Crippen molar-refractivity contribution >= 4 is 17.4 Å². The zero-order valence-electron chi connectivity index (χ0n) is 10.4. The average molecular weight is 261 g/mol. The molecule has 18 heavy (non-hydrogen) atoms. The van der Waals surface area contributed by atoms with E-state index in [2.05, 4.69) is 0 Å². The summed E-state index contributed by atoms with van der Waals surface area (Å²) in [5.41, 5.74) is 1.75. The molecule has 0 aliphatic carbocycles. The molecule has 0 N–H and O–H groups in total. The number of pyridine rings is 1. The van der Waals surface area contributed by atoms with Gasteiger partial charge in [-0.1, -0.05) is 17.7 Å². The summed E-state index contributed by atoms with van der Waals surface area (Å²) >= 11 is 5.82. The van der Waals surface area contributed by atoms with E-state index in [0.717, 1.165) is 5.69 Å². The number of hydrogen-bond acceptors (Lipinski definition) is 1. The minimum Gasteiger partial charge on any atom is -0.287 e. The van der Waals surface area contributed by atoms with E-state index in [4.69, 9.17) is 11.6 Å². The summed E-state index contributed by atoms with van der Waals surface area (Å²) < 4.78 is 1.97. The second-order valence-corrected chi connectivity index (χ2v) is 4.73. The molecular weight excluding hydrogens is 246 g/mol. The van der Waals surface area contributed by atoms with Gasteiger partial charge in [0.25, 0.3) is 0 Å². The molecule has 2 nitrogen and oxygen atoms in total. The largest absolute Gasteiger partial charge is 0.287 e. The highest BCUT2D eigenvalue weighted by Gasteiger charge is 2.24. The van der Waals surface area contributed by atoms with Gasteiger partial charge in [-0.3, -0.25) is 4.79 Å². The Bertz CT molecular complexity index is 563. The van der Waals surface area contributed by atoms with Gasteiger partial charge in [0.15, 0.2) is 11.9 Å². The van der Waals surface area contributed by atoms with E-state index in [1.165, 1.54) is 0 Å². The van der Waals surface area contributed by atoms with Crippen LogP contribution in [0, 0.1) is 6.92 Å². The second-order valence-electron chi connectivity index (χ2n) is 4.30. The summed E-state index contributed by atoms with van der Waals surface area (Å²) in [6.07, 6.45) is 1.92. The van der Waals surface area contributed by atoms with Crippen LogP contribution < -0.4 is 4.57 Å². The van der Waals surface area contributed by atoms with E-state index in [1.807, 2.05) is 42.8 Å². The van der Waals surface area contributed by atoms with E-state index in [1.54, 1.807) is 24.3 Å². The van der Waals surface area contributed by atoms with Gasteiger partial charge in [0.1, 0.15) is 0 Å². The third-order valence-corrected chi connectivity index (χ3v) is 3.28. The predicted octanol–water partition coefficient (Wildman–Crippen LogP) is 3.38. The van der Waals surface area contributed by atoms with Gasteiger partial charge < -0.3 is 0 Å². The van der Waals surface area contributed by atoms with Crippen molar-refractivity contribution in [2.75, 3.05) is 0 Å². The van der Waals surface area contributed by atoms with Crippen molar-refractivity contribution in [3.63, 3.8) is 0 Å². The molecule has 1 unspecified atom stereocenters. The third kappa shape index (κ3) is 2.59. The molecule has 1 atom stereocenters. The molecule has 0 bridgehead atoms. The van der Waals surface area contributed by atoms with E-state index < -0.39 is 0 Å². The summed E-state index contributed by atoms with van der Waals surface area (Å²) in [5.74, 6) is 0.0889. The lowest BCUT2D eigenvalue weighted by atomic mass is 10.0. The normalized spacial score (nSPS) is 12.2. The summed E-state index contributed by atoms with van der Waals surface area (Å²) in [4.78, 5) is 12.3. The highest BCUT2D eigenvalue weighted by atomic mass is 35.5. The molecule has 2 aromatic rings. The van der Waals surface area contributed by atoms with Gasteiger partial charge in [-0.2, -0.15) is 4.57 Å². The molecule has 0 aliphatic rings. The van der Waals surface area contributed by atoms with Crippen molar-refractivity contribution < 1.29 is 9.36 Å². The van der Waals surface area contributed by atoms with Crippen LogP contribution in [0.3, 0.4) is 0 Å². The van der Waals surface area contributed by atoms with E-state index in [-0.39, 0.29) is 11.8 Å². The van der Waals surface area contributed by atoms with E-state index in [9.17, 15) is 4.79 Å². The summed E-state index contributed by atoms with van der Waals surface area (Å²) in [6.45, 7) is 3.90. The van der Waals surface area contributed by atoms with Crippen LogP contribution in [0.4, 0.5) is 0 Å². The SMILES string of the molecule is Cc1cccc[n+]1C(C)C(=O)c1ccc(Cl)cc1. The molecule has 3 heteroatoms. The van der Waals surface area contributed by atoms with Crippen molar-refractivity contribution in [3.05, 3.63) is 64.9 Å². The van der Waals surface area contributed by atoms with Gasteiger partial charge in [-0.25, -0.2) is 0 Å². The number of carbonyl (C=O) groups excluding carboxylic acids is 1. The third-order valence-electron chi connectivity index (χ3n) is 3.03. The number of benzene rings is 1. The van der Waals surface area contributed by atoms with Crippen LogP contribution >= 0.6 is 11.6 Å². The van der Waals surface area contributed by atoms with Crippen molar-refractivity contribution in [1.82, 2.24) is 0 Å². The maximum Gasteiger partial charge on any atom is 0.230 e. The van der Waals surface area contributed by atoms with Crippen LogP contribution in [0.1, 0.15) is 29.0 Å². The number of carbonyl (C=O) groups is 1. The average Bonchev–Trinajstić information content (AvgIpc) is 2.38. The Morgan fingerprint density at radius 2 is 1.83 bits per heavy atom. The monoisotopic (exact) mass is 260 g/mol. The molecule has 0 amide bonds. The molecule has 0 spiro atoms. The van der Waals surface area contributed by atoms with Crippen molar-refractivity contribution in [3.8, 4) is 0 Å². The van der Waals surface area contributed by atoms with Gasteiger partial charge in [-0.15, -0.1) is 0 Å². The van der Waals surface area contributed by atoms with Crippen LogP contribution in [0.2, 0.25) is 5.02 Å². The molecule has 92 valence electrons. The first-order chi connectivity index (χ1) is 8.59. The molecule has 0 fully saturated rings. The summed E-state index contributed by atoms with van der Waals surface area (Å²) in [7, 11) is 0. The van der Waals surface area contributed by atoms with Crippen LogP contribution in [-0.2, 0) is 0 Å². The molecule has 0 aliphatic heterocycles. The Morgan fingerprint density at radius 1 is 1.17 bits per heavy atom. The number of rotatable bonds is 3. The van der Waals surface area contributed by atoms with Crippen molar-refractivity contribution in [2.24, 2.45) is 0 Å². The van der Waals surface area contributed by atoms with Gasteiger partial charge in [0.05, 0.1) is 0 Å². The van der Waals surface area contributed by atoms with E-state index >= 15 is 0 Å². The number of Topliss-reactive ketones (excluding diaryl/α,β-unsaturated/α-hetero) is 1. The summed E-state index contributed by atoms with van der Waals surface area (Å²) in [6, 6.07) is 12.7. The Labute approximate surface area is 112 Å². The van der Waals surface area contributed by atoms with Gasteiger partial charge >= 0.3 is 0 Å². The first-order valence-corrected chi connectivity index (χ1v) is 6.24. The first kappa shape index (κ1) is 12.8. The molecular formula is C15H15ClNO+. The fraction of sp³-hybridized carbons (Fsp3) is 0.200. The number of ketones is 1. The van der Waals surface area contributed by atoms with Gasteiger partial charge in [-0.05, 0) is 24.3 Å². The first-order valence-electron chi connectivity index (χ1n) is 5.86. The standard InChI is InChI=1S/C15H15ClNO/c1-11-5-3-4-10-17(11)12(2)15(18)13-6-8-14(16)9-7-13/h3-10,12H,1-2H3/q+1. The molecule has 2 rings (SSSR count). The second kappa shape index (κ2) is 5.32. The fourth-order valence-electron chi connectivity index (χ4n) is 1.96. The van der Waals surface area contributed by atoms with Crippen LogP contribution in [0.25, 0.3) is 0 Å².